The van der Waals surface area contributed by atoms with Crippen LogP contribution in [0, 0.1) is 0 Å². The summed E-state index contributed by atoms with van der Waals surface area (Å²) < 4.78 is 26.1. The topological polar surface area (TPSA) is 208 Å². The number of methoxy groups -OCH3 is 1. The van der Waals surface area contributed by atoms with Gasteiger partial charge in [-0.3, -0.25) is 0 Å². The molecule has 2 aliphatic rings. The number of hydrogen-bond donors (Lipinski definition) is 8. The molecule has 0 aromatic heterocycles. The number of ether oxygens (including phenoxy) is 5. The fraction of sp³-hybridized carbons (Fsp3) is 1.00. The maximum absolute atomic E-state index is 10.3. The molecule has 13 nitrogen and oxygen atoms in total. The predicted molar refractivity (Wildman–Crippen MR) is 90.0 cm³/mol. The smallest absolute Gasteiger partial charge is 0.187 e. The Kier molecular flexibility index (Phi) is 9.11. The lowest BCUT2D eigenvalue weighted by Crippen LogP contribution is -2.65. The molecule has 0 bridgehead atoms. The highest BCUT2D eigenvalue weighted by Crippen LogP contribution is 2.30. The molecule has 0 saturated carbocycles. The van der Waals surface area contributed by atoms with Crippen molar-refractivity contribution in [2.24, 2.45) is 0 Å². The molecule has 2 saturated heterocycles. The average molecular weight is 430 g/mol. The molecule has 13 heteroatoms. The molecule has 8 N–H and O–H groups in total. The standard InChI is InChI=1S/C16H30O13/c1-5(19)14(24)28-12-6(3-17)27-16(11(23)9(12)21)29-13-7(4-18)26-15(25-2)10(22)8(13)20/h5-24H,3-4H2,1-2H3. The molecule has 0 radical (unpaired) electrons. The van der Waals surface area contributed by atoms with Crippen LogP contribution in [0.15, 0.2) is 0 Å². The van der Waals surface area contributed by atoms with Crippen molar-refractivity contribution in [3.05, 3.63) is 0 Å². The fourth-order valence-corrected chi connectivity index (χ4v) is 3.18. The Labute approximate surface area is 166 Å². The number of aliphatic hydroxyl groups is 8. The van der Waals surface area contributed by atoms with E-state index in [2.05, 4.69) is 0 Å². The summed E-state index contributed by atoms with van der Waals surface area (Å²) >= 11 is 0. The van der Waals surface area contributed by atoms with Crippen LogP contribution in [-0.4, -0.2) is 135 Å². The Morgan fingerprint density at radius 1 is 0.793 bits per heavy atom. The van der Waals surface area contributed by atoms with Crippen molar-refractivity contribution in [2.45, 2.75) is 80.7 Å². The van der Waals surface area contributed by atoms with Crippen LogP contribution in [0.5, 0.6) is 0 Å². The van der Waals surface area contributed by atoms with E-state index in [0.29, 0.717) is 0 Å². The summed E-state index contributed by atoms with van der Waals surface area (Å²) in [6, 6.07) is 0. The molecule has 12 atom stereocenters. The highest BCUT2D eigenvalue weighted by atomic mass is 16.7. The highest BCUT2D eigenvalue weighted by molar-refractivity contribution is 4.94. The lowest BCUT2D eigenvalue weighted by atomic mass is 9.97. The van der Waals surface area contributed by atoms with Gasteiger partial charge in [-0.2, -0.15) is 0 Å². The normalized spacial score (nSPS) is 45.7. The molecular formula is C16H30O13. The van der Waals surface area contributed by atoms with Crippen LogP contribution in [0.3, 0.4) is 0 Å². The maximum Gasteiger partial charge on any atom is 0.187 e. The molecule has 12 unspecified atom stereocenters. The molecule has 2 rings (SSSR count). The van der Waals surface area contributed by atoms with Gasteiger partial charge in [-0.25, -0.2) is 0 Å². The minimum atomic E-state index is -1.77. The second kappa shape index (κ2) is 10.7. The molecule has 29 heavy (non-hydrogen) atoms. The molecular weight excluding hydrogens is 400 g/mol. The largest absolute Gasteiger partial charge is 0.394 e. The lowest BCUT2D eigenvalue weighted by Gasteiger charge is -2.46. The van der Waals surface area contributed by atoms with Gasteiger partial charge < -0.3 is 64.5 Å². The van der Waals surface area contributed by atoms with Gasteiger partial charge in [-0.05, 0) is 6.92 Å². The van der Waals surface area contributed by atoms with Gasteiger partial charge in [0.2, 0.25) is 0 Å². The minimum absolute atomic E-state index is 0.630. The molecule has 172 valence electrons. The molecule has 0 spiro atoms. The SMILES string of the molecule is COC1OC(CO)C(OC2OC(CO)C(OC(O)C(C)O)C(O)C2O)C(O)C1O. The van der Waals surface area contributed by atoms with E-state index < -0.39 is 87.0 Å². The third kappa shape index (κ3) is 5.40. The molecule has 0 amide bonds. The zero-order chi connectivity index (χ0) is 21.9. The summed E-state index contributed by atoms with van der Waals surface area (Å²) in [5.41, 5.74) is 0. The van der Waals surface area contributed by atoms with Crippen molar-refractivity contribution in [3.8, 4) is 0 Å². The van der Waals surface area contributed by atoms with E-state index in [1.54, 1.807) is 0 Å². The average Bonchev–Trinajstić information content (AvgIpc) is 2.70. The van der Waals surface area contributed by atoms with E-state index in [4.69, 9.17) is 23.7 Å². The van der Waals surface area contributed by atoms with E-state index in [0.717, 1.165) is 0 Å². The van der Waals surface area contributed by atoms with Gasteiger partial charge in [-0.15, -0.1) is 0 Å². The molecule has 2 fully saturated rings. The third-order valence-electron chi connectivity index (χ3n) is 4.87. The Hall–Kier alpha value is -0.520. The van der Waals surface area contributed by atoms with Crippen LogP contribution in [0.1, 0.15) is 6.92 Å². The van der Waals surface area contributed by atoms with E-state index in [1.165, 1.54) is 14.0 Å². The number of rotatable bonds is 8. The van der Waals surface area contributed by atoms with Crippen molar-refractivity contribution < 1.29 is 64.5 Å². The zero-order valence-electron chi connectivity index (χ0n) is 16.0. The monoisotopic (exact) mass is 430 g/mol. The second-order valence-electron chi connectivity index (χ2n) is 6.98. The summed E-state index contributed by atoms with van der Waals surface area (Å²) in [6.07, 6.45) is -17.7. The second-order valence-corrected chi connectivity index (χ2v) is 6.98. The Balaban J connectivity index is 2.12. The van der Waals surface area contributed by atoms with Gasteiger partial charge in [-0.1, -0.05) is 0 Å². The lowest BCUT2D eigenvalue weighted by molar-refractivity contribution is -0.366. The van der Waals surface area contributed by atoms with Crippen molar-refractivity contribution in [2.75, 3.05) is 20.3 Å². The third-order valence-corrected chi connectivity index (χ3v) is 4.87. The number of aliphatic hydroxyl groups excluding tert-OH is 8. The Morgan fingerprint density at radius 2 is 1.28 bits per heavy atom. The molecule has 0 aromatic rings. The summed E-state index contributed by atoms with van der Waals surface area (Å²) in [4.78, 5) is 0. The first kappa shape index (κ1) is 24.7. The number of hydrogen-bond acceptors (Lipinski definition) is 13. The van der Waals surface area contributed by atoms with Crippen LogP contribution in [0.4, 0.5) is 0 Å². The van der Waals surface area contributed by atoms with Gasteiger partial charge in [0.05, 0.1) is 13.2 Å². The van der Waals surface area contributed by atoms with Gasteiger partial charge >= 0.3 is 0 Å². The van der Waals surface area contributed by atoms with Crippen molar-refractivity contribution in [1.82, 2.24) is 0 Å². The summed E-state index contributed by atoms with van der Waals surface area (Å²) in [6.45, 7) is -0.104. The van der Waals surface area contributed by atoms with Crippen molar-refractivity contribution in [1.29, 1.82) is 0 Å². The molecule has 0 aromatic carbocycles. The van der Waals surface area contributed by atoms with E-state index in [1.807, 2.05) is 0 Å². The summed E-state index contributed by atoms with van der Waals surface area (Å²) in [5.74, 6) is 0. The van der Waals surface area contributed by atoms with Crippen LogP contribution >= 0.6 is 0 Å². The molecule has 0 aliphatic carbocycles. The van der Waals surface area contributed by atoms with Crippen LogP contribution in [-0.2, 0) is 23.7 Å². The van der Waals surface area contributed by atoms with E-state index in [-0.39, 0.29) is 0 Å². The van der Waals surface area contributed by atoms with Crippen LogP contribution in [0.2, 0.25) is 0 Å². The summed E-state index contributed by atoms with van der Waals surface area (Å²) in [5, 5.41) is 79.0. The van der Waals surface area contributed by atoms with E-state index >= 15 is 0 Å². The first-order valence-corrected chi connectivity index (χ1v) is 9.11. The Bertz CT molecular complexity index is 489. The Morgan fingerprint density at radius 3 is 1.79 bits per heavy atom. The maximum atomic E-state index is 10.3. The molecule has 2 aliphatic heterocycles. The quantitative estimate of drug-likeness (QED) is 0.170. The summed E-state index contributed by atoms with van der Waals surface area (Å²) in [7, 11) is 1.23. The van der Waals surface area contributed by atoms with Crippen molar-refractivity contribution in [3.63, 3.8) is 0 Å². The van der Waals surface area contributed by atoms with Gasteiger partial charge in [0.15, 0.2) is 18.9 Å². The van der Waals surface area contributed by atoms with Gasteiger partial charge in [0, 0.05) is 7.11 Å². The first-order valence-electron chi connectivity index (χ1n) is 9.11. The van der Waals surface area contributed by atoms with Crippen molar-refractivity contribution >= 4 is 0 Å². The predicted octanol–water partition coefficient (Wildman–Crippen LogP) is -5.02. The minimum Gasteiger partial charge on any atom is -0.394 e. The fourth-order valence-electron chi connectivity index (χ4n) is 3.18. The highest BCUT2D eigenvalue weighted by Gasteiger charge is 2.51. The van der Waals surface area contributed by atoms with E-state index in [9.17, 15) is 40.9 Å². The van der Waals surface area contributed by atoms with Crippen LogP contribution < -0.4 is 0 Å². The van der Waals surface area contributed by atoms with Gasteiger partial charge in [0.25, 0.3) is 0 Å². The van der Waals surface area contributed by atoms with Crippen LogP contribution in [0.25, 0.3) is 0 Å². The van der Waals surface area contributed by atoms with Gasteiger partial charge in [0.1, 0.15) is 54.9 Å². The first-order chi connectivity index (χ1) is 13.7. The zero-order valence-corrected chi connectivity index (χ0v) is 16.0. The molecule has 2 heterocycles.